The number of sulfonamides is 1. The number of anilines is 1. The Kier molecular flexibility index (Phi) is 9.45. The van der Waals surface area contributed by atoms with Crippen LogP contribution in [0.1, 0.15) is 26.3 Å². The van der Waals surface area contributed by atoms with Gasteiger partial charge in [-0.15, -0.1) is 0 Å². The Balaban J connectivity index is 2.02. The minimum absolute atomic E-state index is 0.0111. The van der Waals surface area contributed by atoms with Crippen molar-refractivity contribution in [2.75, 3.05) is 10.8 Å². The van der Waals surface area contributed by atoms with E-state index in [9.17, 15) is 22.4 Å². The minimum atomic E-state index is -4.15. The molecular weight excluding hydrogens is 561 g/mol. The van der Waals surface area contributed by atoms with Gasteiger partial charge >= 0.3 is 0 Å². The predicted octanol–water partition coefficient (Wildman–Crippen LogP) is 4.73. The van der Waals surface area contributed by atoms with Crippen molar-refractivity contribution in [3.05, 3.63) is 94.7 Å². The molecule has 0 aliphatic carbocycles. The van der Waals surface area contributed by atoms with Crippen molar-refractivity contribution < 1.29 is 22.4 Å². The molecule has 37 heavy (non-hydrogen) atoms. The molecule has 0 saturated heterocycles. The van der Waals surface area contributed by atoms with Crippen molar-refractivity contribution in [1.29, 1.82) is 0 Å². The van der Waals surface area contributed by atoms with E-state index in [1.165, 1.54) is 42.2 Å². The summed E-state index contributed by atoms with van der Waals surface area (Å²) in [4.78, 5) is 27.8. The van der Waals surface area contributed by atoms with Crippen LogP contribution in [0.4, 0.5) is 10.1 Å². The van der Waals surface area contributed by atoms with E-state index >= 15 is 0 Å². The van der Waals surface area contributed by atoms with E-state index in [0.29, 0.717) is 0 Å². The summed E-state index contributed by atoms with van der Waals surface area (Å²) in [5, 5.41) is 2.76. The molecule has 7 nitrogen and oxygen atoms in total. The van der Waals surface area contributed by atoms with Gasteiger partial charge in [-0.2, -0.15) is 0 Å². The molecule has 0 bridgehead atoms. The maximum absolute atomic E-state index is 14.5. The van der Waals surface area contributed by atoms with Crippen LogP contribution < -0.4 is 9.62 Å². The number of nitrogens with zero attached hydrogens (tertiary/aromatic N) is 2. The van der Waals surface area contributed by atoms with Gasteiger partial charge < -0.3 is 10.2 Å². The Morgan fingerprint density at radius 3 is 2.11 bits per heavy atom. The maximum atomic E-state index is 14.5. The van der Waals surface area contributed by atoms with Crippen LogP contribution in [-0.4, -0.2) is 43.8 Å². The van der Waals surface area contributed by atoms with Gasteiger partial charge in [0.1, 0.15) is 18.4 Å². The highest BCUT2D eigenvalue weighted by Crippen LogP contribution is 2.26. The monoisotopic (exact) mass is 589 g/mol. The average molecular weight is 591 g/mol. The number of nitrogens with one attached hydrogen (secondary N) is 1. The molecule has 2 amide bonds. The van der Waals surface area contributed by atoms with Crippen molar-refractivity contribution in [1.82, 2.24) is 10.2 Å². The third kappa shape index (κ3) is 7.17. The average Bonchev–Trinajstić information content (AvgIpc) is 2.87. The van der Waals surface area contributed by atoms with Crippen molar-refractivity contribution >= 4 is 43.5 Å². The Morgan fingerprint density at radius 1 is 0.919 bits per heavy atom. The Bertz CT molecular complexity index is 1340. The molecule has 10 heteroatoms. The second-order valence-electron chi connectivity index (χ2n) is 8.75. The lowest BCUT2D eigenvalue weighted by Gasteiger charge is -2.32. The zero-order chi connectivity index (χ0) is 27.2. The van der Waals surface area contributed by atoms with Crippen molar-refractivity contribution in [3.63, 3.8) is 0 Å². The van der Waals surface area contributed by atoms with Gasteiger partial charge in [-0.05, 0) is 63.2 Å². The smallest absolute Gasteiger partial charge is 0.264 e. The summed E-state index contributed by atoms with van der Waals surface area (Å²) in [6, 6.07) is 19.1. The fourth-order valence-electron chi connectivity index (χ4n) is 3.65. The van der Waals surface area contributed by atoms with Crippen LogP contribution in [0.15, 0.2) is 88.2 Å². The van der Waals surface area contributed by atoms with E-state index in [2.05, 4.69) is 21.2 Å². The Morgan fingerprint density at radius 2 is 1.51 bits per heavy atom. The first-order chi connectivity index (χ1) is 17.5. The highest BCUT2D eigenvalue weighted by molar-refractivity contribution is 9.10. The first kappa shape index (κ1) is 28.3. The fraction of sp³-hybridized carbons (Fsp3) is 0.259. The zero-order valence-electron chi connectivity index (χ0n) is 20.8. The van der Waals surface area contributed by atoms with Crippen LogP contribution >= 0.6 is 15.9 Å². The molecular formula is C27H29BrFN3O4S. The molecule has 0 aliphatic heterocycles. The van der Waals surface area contributed by atoms with E-state index in [4.69, 9.17) is 0 Å². The number of halogens is 2. The summed E-state index contributed by atoms with van der Waals surface area (Å²) in [5.74, 6) is -1.61. The fourth-order valence-corrected chi connectivity index (χ4v) is 5.35. The van der Waals surface area contributed by atoms with Crippen LogP contribution in [0.5, 0.6) is 0 Å². The highest BCUT2D eigenvalue weighted by Gasteiger charge is 2.33. The molecule has 3 rings (SSSR count). The molecule has 3 aromatic rings. The van der Waals surface area contributed by atoms with Gasteiger partial charge in [0.15, 0.2) is 0 Å². The Hall–Kier alpha value is -3.24. The van der Waals surface area contributed by atoms with Crippen molar-refractivity contribution in [2.45, 2.75) is 44.3 Å². The summed E-state index contributed by atoms with van der Waals surface area (Å²) in [6.45, 7) is 4.31. The lowest BCUT2D eigenvalue weighted by Crippen LogP contribution is -2.52. The van der Waals surface area contributed by atoms with Crippen LogP contribution in [0, 0.1) is 5.82 Å². The summed E-state index contributed by atoms with van der Waals surface area (Å²) in [5.41, 5.74) is 0.478. The number of carbonyl (C=O) groups is 2. The molecule has 0 saturated carbocycles. The zero-order valence-corrected chi connectivity index (χ0v) is 23.2. The van der Waals surface area contributed by atoms with E-state index in [1.807, 2.05) is 0 Å². The highest BCUT2D eigenvalue weighted by atomic mass is 79.9. The number of hydrogen-bond acceptors (Lipinski definition) is 4. The number of hydrogen-bond donors (Lipinski definition) is 1. The molecule has 0 aliphatic rings. The minimum Gasteiger partial charge on any atom is -0.352 e. The van der Waals surface area contributed by atoms with Crippen molar-refractivity contribution in [2.24, 2.45) is 0 Å². The summed E-state index contributed by atoms with van der Waals surface area (Å²) in [6.07, 6.45) is 0. The van der Waals surface area contributed by atoms with Crippen molar-refractivity contribution in [3.8, 4) is 0 Å². The number of amides is 2. The summed E-state index contributed by atoms with van der Waals surface area (Å²) in [7, 11) is -4.15. The number of carbonyl (C=O) groups excluding carboxylic acids is 2. The summed E-state index contributed by atoms with van der Waals surface area (Å²) < 4.78 is 43.5. The molecule has 3 aromatic carbocycles. The van der Waals surface area contributed by atoms with E-state index in [-0.39, 0.29) is 28.7 Å². The van der Waals surface area contributed by atoms with Gasteiger partial charge in [0.2, 0.25) is 11.8 Å². The molecule has 0 radical (unpaired) electrons. The topological polar surface area (TPSA) is 86.8 Å². The molecule has 0 heterocycles. The van der Waals surface area contributed by atoms with Gasteiger partial charge in [0.05, 0.1) is 10.6 Å². The van der Waals surface area contributed by atoms with Gasteiger partial charge in [-0.25, -0.2) is 12.8 Å². The molecule has 196 valence electrons. The largest absolute Gasteiger partial charge is 0.352 e. The molecule has 1 atom stereocenters. The normalized spacial score (nSPS) is 12.2. The first-order valence-corrected chi connectivity index (χ1v) is 13.9. The number of rotatable bonds is 10. The molecule has 0 fully saturated rings. The van der Waals surface area contributed by atoms with Gasteiger partial charge in [-0.1, -0.05) is 52.3 Å². The van der Waals surface area contributed by atoms with Crippen LogP contribution in [0.2, 0.25) is 0 Å². The predicted molar refractivity (Wildman–Crippen MR) is 145 cm³/mol. The number of benzene rings is 3. The second-order valence-corrected chi connectivity index (χ2v) is 11.5. The van der Waals surface area contributed by atoms with Crippen LogP contribution in [0.3, 0.4) is 0 Å². The quantitative estimate of drug-likeness (QED) is 0.370. The SMILES string of the molecule is CC(C)NC(=O)[C@@H](C)N(Cc1ccccc1F)C(=O)CN(c1ccc(Br)cc1)S(=O)(=O)c1ccccc1. The standard InChI is InChI=1S/C27H29BrFN3O4S/c1-19(2)30-27(34)20(3)31(17-21-9-7-8-12-25(21)29)26(33)18-32(23-15-13-22(28)14-16-23)37(35,36)24-10-5-4-6-11-24/h4-16,19-20H,17-18H2,1-3H3,(H,30,34)/t20-/m1/s1. The van der Waals surface area contributed by atoms with Crippen LogP contribution in [-0.2, 0) is 26.2 Å². The third-order valence-electron chi connectivity index (χ3n) is 5.62. The molecule has 1 N–H and O–H groups in total. The first-order valence-electron chi connectivity index (χ1n) is 11.7. The molecule has 0 spiro atoms. The van der Waals surface area contributed by atoms with E-state index in [1.54, 1.807) is 62.4 Å². The molecule has 0 aromatic heterocycles. The lowest BCUT2D eigenvalue weighted by atomic mass is 10.1. The Labute approximate surface area is 225 Å². The van der Waals surface area contributed by atoms with Gasteiger partial charge in [-0.3, -0.25) is 13.9 Å². The van der Waals surface area contributed by atoms with E-state index in [0.717, 1.165) is 8.78 Å². The van der Waals surface area contributed by atoms with Gasteiger partial charge in [0.25, 0.3) is 10.0 Å². The van der Waals surface area contributed by atoms with Gasteiger partial charge in [0, 0.05) is 22.6 Å². The second kappa shape index (κ2) is 12.3. The van der Waals surface area contributed by atoms with Crippen LogP contribution in [0.25, 0.3) is 0 Å². The molecule has 0 unspecified atom stereocenters. The maximum Gasteiger partial charge on any atom is 0.264 e. The van der Waals surface area contributed by atoms with E-state index < -0.39 is 40.2 Å². The third-order valence-corrected chi connectivity index (χ3v) is 7.94. The lowest BCUT2D eigenvalue weighted by molar-refractivity contribution is -0.139. The summed E-state index contributed by atoms with van der Waals surface area (Å²) >= 11 is 3.34.